The molecule has 1 atom stereocenters. The Hall–Kier alpha value is -2.89. The summed E-state index contributed by atoms with van der Waals surface area (Å²) in [5.41, 5.74) is 0. The van der Waals surface area contributed by atoms with E-state index in [2.05, 4.69) is 81.5 Å². The summed E-state index contributed by atoms with van der Waals surface area (Å²) in [5.74, 6) is -0.875. The van der Waals surface area contributed by atoms with Gasteiger partial charge >= 0.3 is 17.9 Å². The van der Waals surface area contributed by atoms with Crippen LogP contribution < -0.4 is 0 Å². The van der Waals surface area contributed by atoms with Crippen molar-refractivity contribution in [2.24, 2.45) is 0 Å². The van der Waals surface area contributed by atoms with E-state index in [0.717, 1.165) is 103 Å². The molecule has 6 nitrogen and oxygen atoms in total. The van der Waals surface area contributed by atoms with Crippen LogP contribution in [0.1, 0.15) is 348 Å². The second kappa shape index (κ2) is 64.6. The number of rotatable bonds is 61. The molecule has 0 aliphatic carbocycles. The maximum atomic E-state index is 12.9. The Balaban J connectivity index is 4.32. The zero-order valence-electron chi connectivity index (χ0n) is 50.8. The Morgan fingerprint density at radius 3 is 0.803 bits per heavy atom. The van der Waals surface area contributed by atoms with Crippen LogP contribution in [-0.2, 0) is 28.6 Å². The van der Waals surface area contributed by atoms with Crippen molar-refractivity contribution in [3.05, 3.63) is 60.8 Å². The van der Waals surface area contributed by atoms with Gasteiger partial charge in [-0.2, -0.15) is 0 Å². The van der Waals surface area contributed by atoms with Crippen molar-refractivity contribution in [1.82, 2.24) is 0 Å². The van der Waals surface area contributed by atoms with Crippen LogP contribution in [0.4, 0.5) is 0 Å². The van der Waals surface area contributed by atoms with E-state index >= 15 is 0 Å². The number of hydrogen-bond acceptors (Lipinski definition) is 6. The SMILES string of the molecule is CC/C=C\C/C=C\C/C=C\CCCCCCCC(=O)OCC(COC(=O)CCCCCCCCCCCCC/C=C\C/C=C\CCCCCCC)OC(=O)CCCCCCCCCCCCCCCCCCCCCC. The standard InChI is InChI=1S/C70H126O6/c1-4-7-10-13-16-19-22-25-28-30-32-34-35-36-38-39-42-45-48-51-54-57-60-63-69(72)75-66-67(65-74-68(71)62-59-56-53-50-47-44-41-27-24-21-18-15-12-9-6-3)76-70(73)64-61-58-55-52-49-46-43-40-37-33-31-29-26-23-20-17-14-11-8-5-2/h9,12,18,21-22,25,27,30,32,41,67H,4-8,10-11,13-17,19-20,23-24,26,28-29,31,33-40,42-66H2,1-3H3/b12-9-,21-18-,25-22-,32-30-,41-27-. The van der Waals surface area contributed by atoms with Crippen LogP contribution in [-0.4, -0.2) is 37.2 Å². The second-order valence-electron chi connectivity index (χ2n) is 22.4. The van der Waals surface area contributed by atoms with Gasteiger partial charge in [0.25, 0.3) is 0 Å². The van der Waals surface area contributed by atoms with Crippen molar-refractivity contribution in [3.8, 4) is 0 Å². The van der Waals surface area contributed by atoms with Crippen molar-refractivity contribution in [3.63, 3.8) is 0 Å². The van der Waals surface area contributed by atoms with Gasteiger partial charge in [0.2, 0.25) is 0 Å². The first kappa shape index (κ1) is 73.1. The lowest BCUT2D eigenvalue weighted by Crippen LogP contribution is -2.30. The average molecular weight is 1060 g/mol. The van der Waals surface area contributed by atoms with Gasteiger partial charge in [0, 0.05) is 19.3 Å². The summed E-state index contributed by atoms with van der Waals surface area (Å²) in [6.07, 6.45) is 82.3. The predicted molar refractivity (Wildman–Crippen MR) is 330 cm³/mol. The molecule has 0 heterocycles. The van der Waals surface area contributed by atoms with Gasteiger partial charge in [-0.15, -0.1) is 0 Å². The zero-order chi connectivity index (χ0) is 55.0. The van der Waals surface area contributed by atoms with Crippen molar-refractivity contribution in [2.45, 2.75) is 354 Å². The molecule has 0 saturated heterocycles. The number of hydrogen-bond donors (Lipinski definition) is 0. The minimum atomic E-state index is -0.782. The lowest BCUT2D eigenvalue weighted by molar-refractivity contribution is -0.167. The summed E-state index contributed by atoms with van der Waals surface area (Å²) >= 11 is 0. The van der Waals surface area contributed by atoms with E-state index < -0.39 is 6.10 Å². The molecule has 0 radical (unpaired) electrons. The summed E-state index contributed by atoms with van der Waals surface area (Å²) in [5, 5.41) is 0. The number of ether oxygens (including phenoxy) is 3. The highest BCUT2D eigenvalue weighted by molar-refractivity contribution is 5.71. The molecule has 442 valence electrons. The largest absolute Gasteiger partial charge is 0.462 e. The molecule has 0 saturated carbocycles. The zero-order valence-corrected chi connectivity index (χ0v) is 50.8. The van der Waals surface area contributed by atoms with E-state index in [1.54, 1.807) is 0 Å². The van der Waals surface area contributed by atoms with Gasteiger partial charge in [0.05, 0.1) is 0 Å². The van der Waals surface area contributed by atoms with Gasteiger partial charge in [0.1, 0.15) is 13.2 Å². The Kier molecular flexibility index (Phi) is 62.2. The highest BCUT2D eigenvalue weighted by atomic mass is 16.6. The van der Waals surface area contributed by atoms with E-state index in [1.165, 1.54) is 205 Å². The van der Waals surface area contributed by atoms with Gasteiger partial charge in [-0.3, -0.25) is 14.4 Å². The van der Waals surface area contributed by atoms with E-state index in [4.69, 9.17) is 14.2 Å². The fourth-order valence-corrected chi connectivity index (χ4v) is 9.79. The van der Waals surface area contributed by atoms with Gasteiger partial charge in [-0.1, -0.05) is 306 Å². The first-order valence-corrected chi connectivity index (χ1v) is 33.3. The Morgan fingerprint density at radius 1 is 0.276 bits per heavy atom. The molecule has 0 aliphatic heterocycles. The lowest BCUT2D eigenvalue weighted by Gasteiger charge is -2.18. The molecule has 0 N–H and O–H groups in total. The Morgan fingerprint density at radius 2 is 0.513 bits per heavy atom. The predicted octanol–water partition coefficient (Wildman–Crippen LogP) is 22.7. The fourth-order valence-electron chi connectivity index (χ4n) is 9.79. The number of esters is 3. The van der Waals surface area contributed by atoms with Crippen LogP contribution >= 0.6 is 0 Å². The van der Waals surface area contributed by atoms with E-state index in [1.807, 2.05) is 0 Å². The Bertz CT molecular complexity index is 1360. The number of carbonyl (C=O) groups excluding carboxylic acids is 3. The normalized spacial score (nSPS) is 12.4. The van der Waals surface area contributed by atoms with E-state index in [0.29, 0.717) is 19.3 Å². The quantitative estimate of drug-likeness (QED) is 0.0261. The van der Waals surface area contributed by atoms with Gasteiger partial charge in [0.15, 0.2) is 6.10 Å². The molecule has 0 aromatic carbocycles. The topological polar surface area (TPSA) is 78.9 Å². The summed E-state index contributed by atoms with van der Waals surface area (Å²) < 4.78 is 17.0. The second-order valence-corrected chi connectivity index (χ2v) is 22.4. The third-order valence-corrected chi connectivity index (χ3v) is 14.8. The molecule has 0 spiro atoms. The molecule has 0 aliphatic rings. The third-order valence-electron chi connectivity index (χ3n) is 14.8. The highest BCUT2D eigenvalue weighted by Gasteiger charge is 2.19. The number of carbonyl (C=O) groups is 3. The van der Waals surface area contributed by atoms with Crippen LogP contribution in [0.2, 0.25) is 0 Å². The first-order valence-electron chi connectivity index (χ1n) is 33.3. The van der Waals surface area contributed by atoms with Crippen molar-refractivity contribution in [2.75, 3.05) is 13.2 Å². The maximum Gasteiger partial charge on any atom is 0.306 e. The number of unbranched alkanes of at least 4 members (excludes halogenated alkanes) is 40. The summed E-state index contributed by atoms with van der Waals surface area (Å²) in [6, 6.07) is 0. The molecular weight excluding hydrogens is 937 g/mol. The lowest BCUT2D eigenvalue weighted by atomic mass is 10.0. The minimum absolute atomic E-state index is 0.0776. The molecule has 0 aromatic heterocycles. The monoisotopic (exact) mass is 1060 g/mol. The van der Waals surface area contributed by atoms with Crippen molar-refractivity contribution >= 4 is 17.9 Å². The fraction of sp³-hybridized carbons (Fsp3) is 0.814. The molecule has 0 amide bonds. The van der Waals surface area contributed by atoms with Gasteiger partial charge < -0.3 is 14.2 Å². The van der Waals surface area contributed by atoms with Crippen LogP contribution in [0.15, 0.2) is 60.8 Å². The molecule has 0 rings (SSSR count). The van der Waals surface area contributed by atoms with Crippen LogP contribution in [0.5, 0.6) is 0 Å². The van der Waals surface area contributed by atoms with Crippen LogP contribution in [0.3, 0.4) is 0 Å². The van der Waals surface area contributed by atoms with E-state index in [-0.39, 0.29) is 31.1 Å². The first-order chi connectivity index (χ1) is 37.5. The molecule has 0 fully saturated rings. The maximum absolute atomic E-state index is 12.9. The van der Waals surface area contributed by atoms with Crippen molar-refractivity contribution < 1.29 is 28.6 Å². The minimum Gasteiger partial charge on any atom is -0.462 e. The molecule has 1 unspecified atom stereocenters. The molecular formula is C70H126O6. The van der Waals surface area contributed by atoms with Gasteiger partial charge in [-0.05, 0) is 83.5 Å². The summed E-state index contributed by atoms with van der Waals surface area (Å²) in [4.78, 5) is 38.4. The van der Waals surface area contributed by atoms with Crippen LogP contribution in [0.25, 0.3) is 0 Å². The number of allylic oxidation sites excluding steroid dienone is 10. The van der Waals surface area contributed by atoms with Crippen LogP contribution in [0, 0.1) is 0 Å². The molecule has 76 heavy (non-hydrogen) atoms. The van der Waals surface area contributed by atoms with E-state index in [9.17, 15) is 14.4 Å². The van der Waals surface area contributed by atoms with Gasteiger partial charge in [-0.25, -0.2) is 0 Å². The Labute approximate surface area is 472 Å². The average Bonchev–Trinajstić information content (AvgIpc) is 3.42. The third kappa shape index (κ3) is 62.0. The molecule has 0 bridgehead atoms. The molecule has 0 aromatic rings. The summed E-state index contributed by atoms with van der Waals surface area (Å²) in [7, 11) is 0. The summed E-state index contributed by atoms with van der Waals surface area (Å²) in [6.45, 7) is 6.56. The molecule has 6 heteroatoms. The highest BCUT2D eigenvalue weighted by Crippen LogP contribution is 2.18. The van der Waals surface area contributed by atoms with Crippen molar-refractivity contribution in [1.29, 1.82) is 0 Å². The smallest absolute Gasteiger partial charge is 0.306 e.